The van der Waals surface area contributed by atoms with Gasteiger partial charge in [0.05, 0.1) is 31.8 Å². The number of hydrogen-bond acceptors (Lipinski definition) is 18. The van der Waals surface area contributed by atoms with Crippen molar-refractivity contribution in [1.82, 2.24) is 87.6 Å². The first kappa shape index (κ1) is 94.4. The van der Waals surface area contributed by atoms with Crippen molar-refractivity contribution in [2.45, 2.75) is 197 Å². The molecule has 3 aromatic carbocycles. The number of para-hydroxylation sites is 2. The van der Waals surface area contributed by atoms with Gasteiger partial charge in [0.1, 0.15) is 60.4 Å². The number of carbonyl (C=O) groups is 16. The SMILES string of the molecule is CCCC[C@H]1C(=O)N(C)[C@@H](CCCC)C(=O)N[C@@H](CCCNC(=N)N)C(=O)NCCSCC(=O)N[C@@H](Cc2ccc(C(N)=O)cc2)C(=O)N(C)CC(=O)N[C@@H](CC(N)=O)C(=O)N2CCCC2C(=O)NCC(=O)N[C@@H](CC(C)C)C(=O)N2CCC[C@H]2C(=O)N[C@@H](Cc2c[nH]c3ccccc23)C(=O)NCC(=O)N[C@@H](Cc2c[nH]c3ccccc23)C(=O)N1C. The molecule has 2 aromatic heterocycles. The van der Waals surface area contributed by atoms with Gasteiger partial charge in [-0.15, -0.1) is 0 Å². The van der Waals surface area contributed by atoms with Crippen LogP contribution in [0.2, 0.25) is 0 Å². The van der Waals surface area contributed by atoms with E-state index in [0.29, 0.717) is 48.8 Å². The molecular weight excluding hydrogens is 1580 g/mol. The number of nitrogens with two attached hydrogens (primary N) is 3. The number of likely N-dealkylation sites (N-methyl/N-ethyl adjacent to an activating group) is 3. The van der Waals surface area contributed by atoms with E-state index in [1.807, 2.05) is 70.2 Å². The number of H-pyrrole nitrogens is 2. The van der Waals surface area contributed by atoms with Gasteiger partial charge in [0.25, 0.3) is 0 Å². The highest BCUT2D eigenvalue weighted by Crippen LogP contribution is 2.27. The molecule has 3 aliphatic heterocycles. The Bertz CT molecular complexity index is 4550. The monoisotopic (exact) mass is 1700 g/mol. The van der Waals surface area contributed by atoms with Crippen molar-refractivity contribution in [1.29, 1.82) is 5.41 Å². The summed E-state index contributed by atoms with van der Waals surface area (Å²) in [5.74, 6) is -12.9. The molecule has 0 radical (unpaired) electrons. The second kappa shape index (κ2) is 45.9. The fraction of sp³-hybridized carbons (Fsp3) is 0.530. The zero-order chi connectivity index (χ0) is 88.1. The van der Waals surface area contributed by atoms with E-state index in [9.17, 15) is 67.1 Å². The predicted molar refractivity (Wildman–Crippen MR) is 452 cm³/mol. The van der Waals surface area contributed by atoms with Gasteiger partial charge in [-0.3, -0.25) is 82.1 Å². The van der Waals surface area contributed by atoms with E-state index < -0.39 is 181 Å². The van der Waals surface area contributed by atoms with Crippen LogP contribution in [0.5, 0.6) is 0 Å². The van der Waals surface area contributed by atoms with Crippen LogP contribution in [0.3, 0.4) is 0 Å². The van der Waals surface area contributed by atoms with E-state index in [2.05, 4.69) is 63.1 Å². The molecule has 8 rings (SSSR count). The minimum Gasteiger partial charge on any atom is -0.370 e. The number of benzene rings is 3. The molecular formula is C83H117N21O16S. The lowest BCUT2D eigenvalue weighted by atomic mass is 10.00. The zero-order valence-electron chi connectivity index (χ0n) is 69.7. The standard InChI is InChI=1S/C83H117N21O16S/c1-8-10-24-63-76(114)98-57(23-16-32-89-83(86)87)73(111)88-33-36-121-47-71(109)97-60(38-49-28-30-50(31-29-49)72(85)110)78(116)100(5)46-70(108)96-62(41-67(84)105)81(119)103-34-17-26-64(103)75(113)93-45-69(107)94-59(37-48(3)4)80(118)104-35-18-27-65(104)77(115)99-58(39-51-42-90-55-21-14-12-19-53(51)55)74(112)92-44-68(106)95-61(40-52-43-91-56-22-15-13-20-54(52)56)79(117)102(7)66(25-11-9-2)82(120)101(63)6/h12-15,19-22,28-31,42-43,48,57-66,90-91H,8-11,16-18,23-27,32-41,44-47H2,1-7H3,(H2,84,105)(H2,85,110)(H,88,111)(H,92,112)(H,93,113)(H,94,107)(H,95,106)(H,96,108)(H,97,109)(H,98,114)(H,99,115)(H4,86,87,89)/t57-,58-,59-,60-,61-,62-,63-,64?,65-,66-/m0/s1. The van der Waals surface area contributed by atoms with Crippen LogP contribution in [0.25, 0.3) is 21.8 Å². The highest BCUT2D eigenvalue weighted by atomic mass is 32.2. The second-order valence-electron chi connectivity index (χ2n) is 31.3. The molecule has 121 heavy (non-hydrogen) atoms. The molecule has 37 nitrogen and oxygen atoms in total. The van der Waals surface area contributed by atoms with Gasteiger partial charge in [0.15, 0.2) is 5.96 Å². The highest BCUT2D eigenvalue weighted by Gasteiger charge is 2.43. The minimum atomic E-state index is -1.66. The molecule has 0 saturated carbocycles. The van der Waals surface area contributed by atoms with Gasteiger partial charge in [0.2, 0.25) is 94.5 Å². The number of aromatic nitrogens is 2. The number of unbranched alkanes of at least 4 members (excludes halogenated alkanes) is 2. The maximum atomic E-state index is 15.5. The minimum absolute atomic E-state index is 0.0178. The number of primary amides is 2. The summed E-state index contributed by atoms with van der Waals surface area (Å²) >= 11 is 1.07. The second-order valence-corrected chi connectivity index (χ2v) is 32.5. The van der Waals surface area contributed by atoms with Crippen LogP contribution < -0.4 is 70.4 Å². The molecule has 3 saturated heterocycles. The quantitative estimate of drug-likeness (QED) is 0.0249. The van der Waals surface area contributed by atoms with Crippen LogP contribution in [0, 0.1) is 11.3 Å². The Hall–Kier alpha value is -12.1. The number of aromatic amines is 2. The topological polar surface area (TPSA) is 543 Å². The third kappa shape index (κ3) is 27.2. The Labute approximate surface area is 706 Å². The molecule has 19 N–H and O–H groups in total. The Morgan fingerprint density at radius 1 is 0.521 bits per heavy atom. The summed E-state index contributed by atoms with van der Waals surface area (Å²) in [6.07, 6.45) is 5.73. The lowest BCUT2D eigenvalue weighted by molar-refractivity contribution is -0.149. The fourth-order valence-corrected chi connectivity index (χ4v) is 16.0. The molecule has 10 atom stereocenters. The van der Waals surface area contributed by atoms with Crippen LogP contribution in [0.4, 0.5) is 0 Å². The van der Waals surface area contributed by atoms with E-state index in [1.54, 1.807) is 18.5 Å². The number of guanidine groups is 1. The smallest absolute Gasteiger partial charge is 0.248 e. The third-order valence-corrected chi connectivity index (χ3v) is 22.7. The number of nitrogens with one attached hydrogen (secondary N) is 13. The first-order chi connectivity index (χ1) is 57.8. The summed E-state index contributed by atoms with van der Waals surface area (Å²) in [7, 11) is 4.14. The lowest BCUT2D eigenvalue weighted by Crippen LogP contribution is -2.59. The molecule has 5 aromatic rings. The Kier molecular flexibility index (Phi) is 35.8. The van der Waals surface area contributed by atoms with E-state index in [1.165, 1.54) is 60.1 Å². The summed E-state index contributed by atoms with van der Waals surface area (Å²) in [6.45, 7) is 5.43. The summed E-state index contributed by atoms with van der Waals surface area (Å²) < 4.78 is 0. The highest BCUT2D eigenvalue weighted by molar-refractivity contribution is 7.99. The first-order valence-electron chi connectivity index (χ1n) is 41.2. The summed E-state index contributed by atoms with van der Waals surface area (Å²) in [4.78, 5) is 241. The molecule has 16 amide bonds. The Morgan fingerprint density at radius 2 is 1.03 bits per heavy atom. The molecule has 3 fully saturated rings. The molecule has 0 bridgehead atoms. The van der Waals surface area contributed by atoms with Crippen LogP contribution >= 0.6 is 11.8 Å². The van der Waals surface area contributed by atoms with Crippen molar-refractivity contribution in [3.05, 3.63) is 107 Å². The number of amides is 16. The number of nitrogens with zero attached hydrogens (tertiary/aromatic N) is 5. The normalized spacial score (nSPS) is 23.2. The Morgan fingerprint density at radius 3 is 1.61 bits per heavy atom. The first-order valence-corrected chi connectivity index (χ1v) is 42.4. The zero-order valence-corrected chi connectivity index (χ0v) is 70.5. The average Bonchev–Trinajstić information content (AvgIpc) is 1.76. The molecule has 5 heterocycles. The molecule has 0 spiro atoms. The average molecular weight is 1700 g/mol. The molecule has 0 aliphatic carbocycles. The van der Waals surface area contributed by atoms with Crippen molar-refractivity contribution >= 4 is 134 Å². The predicted octanol–water partition coefficient (Wildman–Crippen LogP) is -0.560. The van der Waals surface area contributed by atoms with E-state index in [-0.39, 0.29) is 126 Å². The van der Waals surface area contributed by atoms with Crippen molar-refractivity contribution in [2.75, 3.05) is 78.5 Å². The number of thioether (sulfide) groups is 1. The summed E-state index contributed by atoms with van der Waals surface area (Å²) in [5, 5.41) is 36.4. The summed E-state index contributed by atoms with van der Waals surface area (Å²) in [6, 6.07) is 7.42. The van der Waals surface area contributed by atoms with E-state index in [0.717, 1.165) is 43.4 Å². The van der Waals surface area contributed by atoms with Gasteiger partial charge < -0.3 is 105 Å². The van der Waals surface area contributed by atoms with Gasteiger partial charge >= 0.3 is 0 Å². The van der Waals surface area contributed by atoms with Gasteiger partial charge in [-0.25, -0.2) is 0 Å². The van der Waals surface area contributed by atoms with E-state index in [4.69, 9.17) is 22.6 Å². The van der Waals surface area contributed by atoms with Gasteiger partial charge in [-0.2, -0.15) is 11.8 Å². The van der Waals surface area contributed by atoms with Crippen LogP contribution in [-0.2, 0) is 91.2 Å². The number of carbonyl (C=O) groups excluding carboxylic acids is 16. The fourth-order valence-electron chi connectivity index (χ4n) is 15.3. The maximum absolute atomic E-state index is 15.5. The molecule has 656 valence electrons. The van der Waals surface area contributed by atoms with Crippen LogP contribution in [0.1, 0.15) is 145 Å². The molecule has 38 heteroatoms. The molecule has 1 unspecified atom stereocenters. The van der Waals surface area contributed by atoms with Crippen molar-refractivity contribution in [2.24, 2.45) is 23.1 Å². The number of hydrogen-bond donors (Lipinski definition) is 16. The van der Waals surface area contributed by atoms with Gasteiger partial charge in [-0.05, 0) is 105 Å². The van der Waals surface area contributed by atoms with Gasteiger partial charge in [0, 0.05) is 112 Å². The number of fused-ring (bicyclic) bond motifs is 4. The summed E-state index contributed by atoms with van der Waals surface area (Å²) in [5.41, 5.74) is 20.0. The van der Waals surface area contributed by atoms with Crippen molar-refractivity contribution < 1.29 is 76.7 Å². The largest absolute Gasteiger partial charge is 0.370 e. The van der Waals surface area contributed by atoms with Crippen molar-refractivity contribution in [3.63, 3.8) is 0 Å². The molecule has 3 aliphatic rings. The van der Waals surface area contributed by atoms with E-state index >= 15 is 9.59 Å². The maximum Gasteiger partial charge on any atom is 0.248 e. The third-order valence-electron chi connectivity index (χ3n) is 21.7. The number of rotatable bonds is 21. The lowest BCUT2D eigenvalue weighted by Gasteiger charge is -2.36. The van der Waals surface area contributed by atoms with Gasteiger partial charge in [-0.1, -0.05) is 102 Å². The Balaban J connectivity index is 1.10. The van der Waals surface area contributed by atoms with Crippen LogP contribution in [0.15, 0.2) is 85.2 Å². The van der Waals surface area contributed by atoms with Crippen LogP contribution in [-0.4, -0.2) is 274 Å². The van der Waals surface area contributed by atoms with Crippen molar-refractivity contribution in [3.8, 4) is 0 Å².